The van der Waals surface area contributed by atoms with Crippen LogP contribution in [0, 0.1) is 5.92 Å². The average Bonchev–Trinajstić information content (AvgIpc) is 3.30. The Labute approximate surface area is 172 Å². The van der Waals surface area contributed by atoms with Crippen LogP contribution in [0.15, 0.2) is 24.3 Å². The minimum atomic E-state index is -0.208. The van der Waals surface area contributed by atoms with E-state index in [2.05, 4.69) is 44.1 Å². The zero-order chi connectivity index (χ0) is 21.0. The van der Waals surface area contributed by atoms with E-state index in [9.17, 15) is 4.79 Å². The van der Waals surface area contributed by atoms with Crippen LogP contribution in [0.25, 0.3) is 0 Å². The van der Waals surface area contributed by atoms with Crippen molar-refractivity contribution in [2.24, 2.45) is 5.92 Å². The molecule has 2 aromatic rings. The van der Waals surface area contributed by atoms with Gasteiger partial charge in [-0.1, -0.05) is 32.0 Å². The van der Waals surface area contributed by atoms with Gasteiger partial charge in [0.25, 0.3) is 0 Å². The first-order valence-corrected chi connectivity index (χ1v) is 10.2. The zero-order valence-corrected chi connectivity index (χ0v) is 18.0. The first-order chi connectivity index (χ1) is 13.9. The maximum Gasteiger partial charge on any atom is 0.315 e. The fourth-order valence-corrected chi connectivity index (χ4v) is 3.83. The van der Waals surface area contributed by atoms with Crippen molar-refractivity contribution in [2.75, 3.05) is 27.7 Å². The van der Waals surface area contributed by atoms with Crippen molar-refractivity contribution in [3.05, 3.63) is 41.5 Å². The van der Waals surface area contributed by atoms with Crippen molar-refractivity contribution in [1.82, 2.24) is 30.3 Å². The highest BCUT2D eigenvalue weighted by atomic mass is 16.5. The lowest BCUT2D eigenvalue weighted by molar-refractivity contribution is 0.223. The molecule has 3 rings (SSSR count). The first-order valence-electron chi connectivity index (χ1n) is 10.2. The summed E-state index contributed by atoms with van der Waals surface area (Å²) < 4.78 is 7.64. The fraction of sp³-hybridized carbons (Fsp3) is 0.571. The maximum atomic E-state index is 12.7. The highest BCUT2D eigenvalue weighted by Gasteiger charge is 2.28. The van der Waals surface area contributed by atoms with Gasteiger partial charge in [-0.2, -0.15) is 0 Å². The van der Waals surface area contributed by atoms with Crippen LogP contribution in [0.3, 0.4) is 0 Å². The van der Waals surface area contributed by atoms with Gasteiger partial charge in [-0.15, -0.1) is 10.2 Å². The van der Waals surface area contributed by atoms with Crippen molar-refractivity contribution < 1.29 is 9.53 Å². The number of urea groups is 1. The summed E-state index contributed by atoms with van der Waals surface area (Å²) >= 11 is 0. The van der Waals surface area contributed by atoms with Crippen molar-refractivity contribution in [1.29, 1.82) is 0 Å². The molecule has 1 aromatic carbocycles. The fourth-order valence-electron chi connectivity index (χ4n) is 3.83. The van der Waals surface area contributed by atoms with Gasteiger partial charge in [0.05, 0.1) is 19.2 Å². The predicted octanol–water partition coefficient (Wildman–Crippen LogP) is 2.53. The summed E-state index contributed by atoms with van der Waals surface area (Å²) in [6.07, 6.45) is 2.03. The molecule has 0 saturated carbocycles. The number of fused-ring (bicyclic) bond motifs is 1. The van der Waals surface area contributed by atoms with Crippen LogP contribution < -0.4 is 15.4 Å². The third kappa shape index (κ3) is 4.70. The minimum Gasteiger partial charge on any atom is -0.496 e. The molecule has 0 saturated heterocycles. The van der Waals surface area contributed by atoms with E-state index in [1.54, 1.807) is 7.11 Å². The third-order valence-corrected chi connectivity index (χ3v) is 5.45. The Hall–Kier alpha value is -2.61. The maximum absolute atomic E-state index is 12.7. The summed E-state index contributed by atoms with van der Waals surface area (Å²) in [5.41, 5.74) is 1.04. The molecule has 158 valence electrons. The minimum absolute atomic E-state index is 0.00765. The van der Waals surface area contributed by atoms with Crippen LogP contribution in [-0.2, 0) is 13.0 Å². The molecule has 2 unspecified atom stereocenters. The normalized spacial score (nSPS) is 15.3. The SMILES string of the molecule is COc1ccccc1C(CNC(=O)NC(c1nnc2n1CCC2)C(C)C)N(C)C. The van der Waals surface area contributed by atoms with Gasteiger partial charge in [0.15, 0.2) is 5.82 Å². The zero-order valence-electron chi connectivity index (χ0n) is 18.0. The second-order valence-electron chi connectivity index (χ2n) is 8.03. The number of nitrogens with one attached hydrogen (secondary N) is 2. The van der Waals surface area contributed by atoms with Crippen LogP contribution >= 0.6 is 0 Å². The number of likely N-dealkylation sites (N-methyl/N-ethyl adjacent to an activating group) is 1. The molecule has 0 aliphatic carbocycles. The van der Waals surface area contributed by atoms with Gasteiger partial charge >= 0.3 is 6.03 Å². The number of aromatic nitrogens is 3. The molecular formula is C21H32N6O2. The predicted molar refractivity (Wildman–Crippen MR) is 112 cm³/mol. The van der Waals surface area contributed by atoms with E-state index < -0.39 is 0 Å². The average molecular weight is 401 g/mol. The van der Waals surface area contributed by atoms with Gasteiger partial charge in [0.1, 0.15) is 11.6 Å². The molecule has 2 amide bonds. The standard InChI is InChI=1S/C21H32N6O2/c1-14(2)19(20-25-24-18-11-8-12-27(18)20)23-21(28)22-13-16(26(3)4)15-9-6-7-10-17(15)29-5/h6-7,9-10,14,16,19H,8,11-13H2,1-5H3,(H2,22,23,28). The number of aryl methyl sites for hydroxylation is 1. The third-order valence-electron chi connectivity index (χ3n) is 5.45. The van der Waals surface area contributed by atoms with Crippen LogP contribution in [-0.4, -0.2) is 53.4 Å². The highest BCUT2D eigenvalue weighted by Crippen LogP contribution is 2.28. The first kappa shape index (κ1) is 21.1. The smallest absolute Gasteiger partial charge is 0.315 e. The number of hydrogen-bond donors (Lipinski definition) is 2. The Morgan fingerprint density at radius 3 is 2.72 bits per heavy atom. The lowest BCUT2D eigenvalue weighted by Gasteiger charge is -2.27. The number of nitrogens with zero attached hydrogens (tertiary/aromatic N) is 4. The van der Waals surface area contributed by atoms with Crippen LogP contribution in [0.5, 0.6) is 5.75 Å². The quantitative estimate of drug-likeness (QED) is 0.711. The van der Waals surface area contributed by atoms with Crippen LogP contribution in [0.1, 0.15) is 49.6 Å². The number of ether oxygens (including phenoxy) is 1. The second kappa shape index (κ2) is 9.26. The summed E-state index contributed by atoms with van der Waals surface area (Å²) in [5, 5.41) is 14.8. The molecule has 1 aromatic heterocycles. The largest absolute Gasteiger partial charge is 0.496 e. The van der Waals surface area contributed by atoms with E-state index in [1.807, 2.05) is 38.4 Å². The Bertz CT molecular complexity index is 832. The van der Waals surface area contributed by atoms with Crippen molar-refractivity contribution in [3.63, 3.8) is 0 Å². The van der Waals surface area contributed by atoms with E-state index in [0.717, 1.165) is 42.3 Å². The van der Waals surface area contributed by atoms with Crippen LogP contribution in [0.4, 0.5) is 4.79 Å². The summed E-state index contributed by atoms with van der Waals surface area (Å²) in [4.78, 5) is 14.8. The number of hydrogen-bond acceptors (Lipinski definition) is 5. The van der Waals surface area contributed by atoms with Gasteiger partial charge in [0, 0.05) is 25.1 Å². The molecule has 0 fully saturated rings. The molecule has 8 nitrogen and oxygen atoms in total. The van der Waals surface area contributed by atoms with E-state index in [-0.39, 0.29) is 24.0 Å². The monoisotopic (exact) mass is 400 g/mol. The number of amides is 2. The summed E-state index contributed by atoms with van der Waals surface area (Å²) in [7, 11) is 5.65. The summed E-state index contributed by atoms with van der Waals surface area (Å²) in [5.74, 6) is 2.87. The molecule has 2 atom stereocenters. The highest BCUT2D eigenvalue weighted by molar-refractivity contribution is 5.74. The molecule has 1 aliphatic rings. The summed E-state index contributed by atoms with van der Waals surface area (Å²) in [6, 6.07) is 7.49. The topological polar surface area (TPSA) is 84.3 Å². The van der Waals surface area contributed by atoms with Gasteiger partial charge in [-0.3, -0.25) is 0 Å². The molecular weight excluding hydrogens is 368 g/mol. The number of carbonyl (C=O) groups is 1. The van der Waals surface area contributed by atoms with Crippen molar-refractivity contribution in [2.45, 2.75) is 45.3 Å². The van der Waals surface area contributed by atoms with E-state index in [0.29, 0.717) is 6.54 Å². The van der Waals surface area contributed by atoms with Gasteiger partial charge in [-0.05, 0) is 32.5 Å². The molecule has 0 radical (unpaired) electrons. The number of methoxy groups -OCH3 is 1. The molecule has 2 N–H and O–H groups in total. The summed E-state index contributed by atoms with van der Waals surface area (Å²) in [6.45, 7) is 5.54. The van der Waals surface area contributed by atoms with Gasteiger partial charge in [-0.25, -0.2) is 4.79 Å². The van der Waals surface area contributed by atoms with E-state index in [1.165, 1.54) is 0 Å². The Morgan fingerprint density at radius 2 is 2.03 bits per heavy atom. The Kier molecular flexibility index (Phi) is 6.74. The van der Waals surface area contributed by atoms with E-state index in [4.69, 9.17) is 4.74 Å². The second-order valence-corrected chi connectivity index (χ2v) is 8.03. The van der Waals surface area contributed by atoms with Crippen molar-refractivity contribution >= 4 is 6.03 Å². The van der Waals surface area contributed by atoms with Gasteiger partial charge < -0.3 is 24.8 Å². The van der Waals surface area contributed by atoms with E-state index >= 15 is 0 Å². The molecule has 8 heteroatoms. The van der Waals surface area contributed by atoms with Crippen LogP contribution in [0.2, 0.25) is 0 Å². The number of rotatable bonds is 8. The number of benzene rings is 1. The molecule has 1 aliphatic heterocycles. The van der Waals surface area contributed by atoms with Gasteiger partial charge in [0.2, 0.25) is 0 Å². The number of carbonyl (C=O) groups excluding carboxylic acids is 1. The van der Waals surface area contributed by atoms with Crippen molar-refractivity contribution in [3.8, 4) is 5.75 Å². The molecule has 29 heavy (non-hydrogen) atoms. The molecule has 0 spiro atoms. The molecule has 2 heterocycles. The lowest BCUT2D eigenvalue weighted by atomic mass is 10.0. The lowest BCUT2D eigenvalue weighted by Crippen LogP contribution is -2.43. The number of para-hydroxylation sites is 1. The molecule has 0 bridgehead atoms. The Morgan fingerprint density at radius 1 is 1.28 bits per heavy atom. The Balaban J connectivity index is 1.68.